The predicted octanol–water partition coefficient (Wildman–Crippen LogP) is 6.21. The first-order valence-corrected chi connectivity index (χ1v) is 11.4. The Morgan fingerprint density at radius 1 is 1.13 bits per heavy atom. The van der Waals surface area contributed by atoms with E-state index in [1.807, 2.05) is 59.2 Å². The Morgan fingerprint density at radius 2 is 1.90 bits per heavy atom. The molecule has 2 aromatic carbocycles. The number of thioether (sulfide) groups is 1. The van der Waals surface area contributed by atoms with Crippen LogP contribution in [0.3, 0.4) is 0 Å². The van der Waals surface area contributed by atoms with E-state index in [0.717, 1.165) is 38.6 Å². The second kappa shape index (κ2) is 9.47. The molecule has 0 fully saturated rings. The van der Waals surface area contributed by atoms with E-state index in [2.05, 4.69) is 22.2 Å². The molecule has 2 heterocycles. The lowest BCUT2D eigenvalue weighted by Crippen LogP contribution is -2.01. The van der Waals surface area contributed by atoms with Crippen molar-refractivity contribution in [1.82, 2.24) is 19.7 Å². The third-order valence-corrected chi connectivity index (χ3v) is 6.64. The predicted molar refractivity (Wildman–Crippen MR) is 124 cm³/mol. The largest absolute Gasteiger partial charge is 0.496 e. The molecule has 0 aliphatic rings. The van der Waals surface area contributed by atoms with Gasteiger partial charge in [0.1, 0.15) is 10.8 Å². The lowest BCUT2D eigenvalue weighted by molar-refractivity contribution is 0.416. The highest BCUT2D eigenvalue weighted by Gasteiger charge is 2.17. The maximum atomic E-state index is 6.30. The van der Waals surface area contributed by atoms with E-state index in [-0.39, 0.29) is 0 Å². The van der Waals surface area contributed by atoms with Crippen LogP contribution in [-0.2, 0) is 12.3 Å². The van der Waals surface area contributed by atoms with E-state index < -0.39 is 0 Å². The number of benzene rings is 2. The molecule has 0 aliphatic carbocycles. The maximum Gasteiger partial charge on any atom is 0.192 e. The molecular formula is C22H19ClN4OS2. The lowest BCUT2D eigenvalue weighted by atomic mass is 10.2. The van der Waals surface area contributed by atoms with Crippen molar-refractivity contribution in [3.05, 3.63) is 77.3 Å². The summed E-state index contributed by atoms with van der Waals surface area (Å²) in [5.41, 5.74) is 2.83. The third kappa shape index (κ3) is 4.28. The van der Waals surface area contributed by atoms with Crippen LogP contribution in [-0.4, -0.2) is 26.9 Å². The molecule has 8 heteroatoms. The molecule has 152 valence electrons. The van der Waals surface area contributed by atoms with E-state index in [1.165, 1.54) is 0 Å². The van der Waals surface area contributed by atoms with E-state index in [4.69, 9.17) is 21.3 Å². The summed E-state index contributed by atoms with van der Waals surface area (Å²) < 4.78 is 7.53. The van der Waals surface area contributed by atoms with Crippen molar-refractivity contribution in [2.24, 2.45) is 0 Å². The summed E-state index contributed by atoms with van der Waals surface area (Å²) in [5.74, 6) is 2.20. The molecule has 0 N–H and O–H groups in total. The maximum absolute atomic E-state index is 6.30. The first kappa shape index (κ1) is 20.7. The average molecular weight is 455 g/mol. The molecule has 4 aromatic rings. The molecule has 30 heavy (non-hydrogen) atoms. The third-order valence-electron chi connectivity index (χ3n) is 4.38. The van der Waals surface area contributed by atoms with Gasteiger partial charge in [-0.25, -0.2) is 4.98 Å². The summed E-state index contributed by atoms with van der Waals surface area (Å²) in [4.78, 5) is 4.74. The summed E-state index contributed by atoms with van der Waals surface area (Å²) in [6.07, 6.45) is 1.84. The molecule has 0 bridgehead atoms. The zero-order valence-electron chi connectivity index (χ0n) is 16.3. The summed E-state index contributed by atoms with van der Waals surface area (Å²) in [5, 5.41) is 13.3. The molecule has 5 nitrogen and oxygen atoms in total. The number of nitrogens with zero attached hydrogens (tertiary/aromatic N) is 4. The first-order valence-electron chi connectivity index (χ1n) is 9.21. The van der Waals surface area contributed by atoms with E-state index in [0.29, 0.717) is 17.3 Å². The van der Waals surface area contributed by atoms with Crippen molar-refractivity contribution in [3.8, 4) is 27.7 Å². The SMILES string of the molecule is C=CCn1c(SCc2csc(-c3ccccc3Cl)n2)nnc1-c1ccccc1OC. The van der Waals surface area contributed by atoms with Crippen LogP contribution in [0.15, 0.2) is 71.7 Å². The van der Waals surface area contributed by atoms with Crippen LogP contribution in [0.1, 0.15) is 5.69 Å². The van der Waals surface area contributed by atoms with Gasteiger partial charge in [0.05, 0.1) is 23.4 Å². The highest BCUT2D eigenvalue weighted by Crippen LogP contribution is 2.34. The van der Waals surface area contributed by atoms with E-state index in [9.17, 15) is 0 Å². The van der Waals surface area contributed by atoms with Gasteiger partial charge >= 0.3 is 0 Å². The Labute approximate surface area is 188 Å². The van der Waals surface area contributed by atoms with Crippen molar-refractivity contribution in [3.63, 3.8) is 0 Å². The van der Waals surface area contributed by atoms with E-state index in [1.54, 1.807) is 30.2 Å². The number of allylic oxidation sites excluding steroid dienone is 1. The Kier molecular flexibility index (Phi) is 6.52. The number of hydrogen-bond donors (Lipinski definition) is 0. The Balaban J connectivity index is 1.57. The van der Waals surface area contributed by atoms with Gasteiger partial charge in [0.2, 0.25) is 0 Å². The van der Waals surface area contributed by atoms with Crippen LogP contribution in [0, 0.1) is 0 Å². The summed E-state index contributed by atoms with van der Waals surface area (Å²) >= 11 is 9.49. The van der Waals surface area contributed by atoms with Crippen LogP contribution in [0.5, 0.6) is 5.75 Å². The quantitative estimate of drug-likeness (QED) is 0.234. The number of rotatable bonds is 8. The smallest absolute Gasteiger partial charge is 0.192 e. The van der Waals surface area contributed by atoms with Crippen LogP contribution in [0.2, 0.25) is 5.02 Å². The van der Waals surface area contributed by atoms with Gasteiger partial charge in [-0.1, -0.05) is 59.8 Å². The summed E-state index contributed by atoms with van der Waals surface area (Å²) in [7, 11) is 1.65. The zero-order valence-corrected chi connectivity index (χ0v) is 18.7. The molecule has 0 saturated heterocycles. The molecule has 0 saturated carbocycles. The minimum Gasteiger partial charge on any atom is -0.496 e. The number of halogens is 1. The fourth-order valence-electron chi connectivity index (χ4n) is 2.99. The molecule has 0 atom stereocenters. The van der Waals surface area contributed by atoms with Crippen LogP contribution in [0.25, 0.3) is 22.0 Å². The molecule has 2 aromatic heterocycles. The molecular weight excluding hydrogens is 436 g/mol. The number of hydrogen-bond acceptors (Lipinski definition) is 6. The van der Waals surface area contributed by atoms with Gasteiger partial charge in [0.25, 0.3) is 0 Å². The van der Waals surface area contributed by atoms with Crippen LogP contribution >= 0.6 is 34.7 Å². The number of para-hydroxylation sites is 1. The Hall–Kier alpha value is -2.61. The fourth-order valence-corrected chi connectivity index (χ4v) is 5.07. The lowest BCUT2D eigenvalue weighted by Gasteiger charge is -2.10. The van der Waals surface area contributed by atoms with Crippen molar-refractivity contribution in [2.75, 3.05) is 7.11 Å². The molecule has 4 rings (SSSR count). The minimum atomic E-state index is 0.602. The highest BCUT2D eigenvalue weighted by atomic mass is 35.5. The average Bonchev–Trinajstić information content (AvgIpc) is 3.40. The standard InChI is InChI=1S/C22H19ClN4OS2/c1-3-12-27-20(17-9-5-7-11-19(17)28-2)25-26-22(27)30-14-15-13-29-21(24-15)16-8-4-6-10-18(16)23/h3-11,13H,1,12,14H2,2H3. The van der Waals surface area contributed by atoms with Crippen LogP contribution < -0.4 is 4.74 Å². The van der Waals surface area contributed by atoms with Gasteiger partial charge in [-0.05, 0) is 18.2 Å². The van der Waals surface area contributed by atoms with Gasteiger partial charge in [0, 0.05) is 23.2 Å². The monoisotopic (exact) mass is 454 g/mol. The van der Waals surface area contributed by atoms with Gasteiger partial charge < -0.3 is 4.74 Å². The van der Waals surface area contributed by atoms with Crippen molar-refractivity contribution in [1.29, 1.82) is 0 Å². The van der Waals surface area contributed by atoms with Crippen molar-refractivity contribution < 1.29 is 4.74 Å². The van der Waals surface area contributed by atoms with Gasteiger partial charge in [-0.3, -0.25) is 4.57 Å². The minimum absolute atomic E-state index is 0.602. The fraction of sp³-hybridized carbons (Fsp3) is 0.136. The molecule has 0 amide bonds. The van der Waals surface area contributed by atoms with Gasteiger partial charge in [-0.2, -0.15) is 0 Å². The Morgan fingerprint density at radius 3 is 2.67 bits per heavy atom. The number of thiazole rings is 1. The number of methoxy groups -OCH3 is 1. The van der Waals surface area contributed by atoms with Crippen LogP contribution in [0.4, 0.5) is 0 Å². The second-order valence-corrected chi connectivity index (χ2v) is 8.53. The normalized spacial score (nSPS) is 10.9. The molecule has 0 aliphatic heterocycles. The Bertz CT molecular complexity index is 1170. The van der Waals surface area contributed by atoms with Crippen molar-refractivity contribution in [2.45, 2.75) is 17.5 Å². The first-order chi connectivity index (χ1) is 14.7. The number of ether oxygens (including phenoxy) is 1. The summed E-state index contributed by atoms with van der Waals surface area (Å²) in [6, 6.07) is 15.5. The van der Waals surface area contributed by atoms with Gasteiger partial charge in [-0.15, -0.1) is 28.1 Å². The molecule has 0 unspecified atom stereocenters. The number of aromatic nitrogens is 4. The highest BCUT2D eigenvalue weighted by molar-refractivity contribution is 7.98. The molecule has 0 spiro atoms. The summed E-state index contributed by atoms with van der Waals surface area (Å²) in [6.45, 7) is 4.48. The second-order valence-electron chi connectivity index (χ2n) is 6.32. The zero-order chi connectivity index (χ0) is 20.9. The van der Waals surface area contributed by atoms with Crippen molar-refractivity contribution >= 4 is 34.7 Å². The topological polar surface area (TPSA) is 52.8 Å². The molecule has 0 radical (unpaired) electrons. The van der Waals surface area contributed by atoms with Gasteiger partial charge in [0.15, 0.2) is 11.0 Å². The van der Waals surface area contributed by atoms with E-state index >= 15 is 0 Å².